The van der Waals surface area contributed by atoms with Crippen molar-refractivity contribution in [2.24, 2.45) is 5.92 Å². The minimum atomic E-state index is -0.687. The van der Waals surface area contributed by atoms with Gasteiger partial charge in [0.15, 0.2) is 0 Å². The predicted molar refractivity (Wildman–Crippen MR) is 83.0 cm³/mol. The van der Waals surface area contributed by atoms with Crippen molar-refractivity contribution in [3.8, 4) is 5.75 Å². The summed E-state index contributed by atoms with van der Waals surface area (Å²) in [6.07, 6.45) is 3.36. The molecule has 1 unspecified atom stereocenters. The van der Waals surface area contributed by atoms with Crippen molar-refractivity contribution >= 4 is 17.6 Å². The summed E-state index contributed by atoms with van der Waals surface area (Å²) < 4.78 is 5.66. The standard InChI is InChI=1S/C16H22ClNO3/c17-14-4-6-15(7-5-14)21-10-2-9-18-8-1-3-13(12-18)11-16(19)20/h4-7,13H,1-3,8-12H2,(H,19,20). The highest BCUT2D eigenvalue weighted by Gasteiger charge is 2.21. The molecule has 1 N–H and O–H groups in total. The van der Waals surface area contributed by atoms with Crippen LogP contribution in [0.4, 0.5) is 0 Å². The monoisotopic (exact) mass is 311 g/mol. The van der Waals surface area contributed by atoms with Crippen LogP contribution in [0.5, 0.6) is 5.75 Å². The molecule has 0 bridgehead atoms. The fourth-order valence-corrected chi connectivity index (χ4v) is 2.90. The molecular formula is C16H22ClNO3. The molecule has 21 heavy (non-hydrogen) atoms. The van der Waals surface area contributed by atoms with Crippen molar-refractivity contribution in [1.29, 1.82) is 0 Å². The Kier molecular flexibility index (Phi) is 6.33. The summed E-state index contributed by atoms with van der Waals surface area (Å²) >= 11 is 5.82. The van der Waals surface area contributed by atoms with E-state index in [1.807, 2.05) is 24.3 Å². The number of nitrogens with zero attached hydrogens (tertiary/aromatic N) is 1. The van der Waals surface area contributed by atoms with Gasteiger partial charge in [-0.2, -0.15) is 0 Å². The highest BCUT2D eigenvalue weighted by Crippen LogP contribution is 2.20. The molecular weight excluding hydrogens is 290 g/mol. The van der Waals surface area contributed by atoms with Crippen LogP contribution in [0.1, 0.15) is 25.7 Å². The van der Waals surface area contributed by atoms with Gasteiger partial charge < -0.3 is 14.7 Å². The van der Waals surface area contributed by atoms with Crippen LogP contribution in [0, 0.1) is 5.92 Å². The van der Waals surface area contributed by atoms with E-state index in [1.165, 1.54) is 0 Å². The molecule has 0 radical (unpaired) electrons. The summed E-state index contributed by atoms with van der Waals surface area (Å²) in [4.78, 5) is 13.1. The van der Waals surface area contributed by atoms with Crippen molar-refractivity contribution in [3.63, 3.8) is 0 Å². The van der Waals surface area contributed by atoms with Crippen molar-refractivity contribution in [1.82, 2.24) is 4.90 Å². The minimum Gasteiger partial charge on any atom is -0.494 e. The quantitative estimate of drug-likeness (QED) is 0.785. The van der Waals surface area contributed by atoms with Crippen LogP contribution in [0.2, 0.25) is 5.02 Å². The Morgan fingerprint density at radius 3 is 2.86 bits per heavy atom. The maximum absolute atomic E-state index is 10.8. The van der Waals surface area contributed by atoms with Crippen LogP contribution in [0.25, 0.3) is 0 Å². The number of hydrogen-bond donors (Lipinski definition) is 1. The molecule has 0 spiro atoms. The Morgan fingerprint density at radius 1 is 1.38 bits per heavy atom. The summed E-state index contributed by atoms with van der Waals surface area (Å²) in [5.41, 5.74) is 0. The van der Waals surface area contributed by atoms with Gasteiger partial charge in [-0.15, -0.1) is 0 Å². The summed E-state index contributed by atoms with van der Waals surface area (Å²) in [6, 6.07) is 7.37. The minimum absolute atomic E-state index is 0.289. The number of carboxylic acid groups (broad SMARTS) is 1. The number of aliphatic carboxylic acids is 1. The molecule has 1 aliphatic heterocycles. The van der Waals surface area contributed by atoms with Crippen LogP contribution in [0.3, 0.4) is 0 Å². The van der Waals surface area contributed by atoms with Crippen molar-refractivity contribution < 1.29 is 14.6 Å². The maximum Gasteiger partial charge on any atom is 0.303 e. The highest BCUT2D eigenvalue weighted by atomic mass is 35.5. The summed E-state index contributed by atoms with van der Waals surface area (Å²) in [6.45, 7) is 3.59. The largest absolute Gasteiger partial charge is 0.494 e. The fourth-order valence-electron chi connectivity index (χ4n) is 2.78. The lowest BCUT2D eigenvalue weighted by Crippen LogP contribution is -2.37. The second-order valence-corrected chi connectivity index (χ2v) is 6.00. The van der Waals surface area contributed by atoms with Crippen LogP contribution >= 0.6 is 11.6 Å². The van der Waals surface area contributed by atoms with Gasteiger partial charge >= 0.3 is 5.97 Å². The lowest BCUT2D eigenvalue weighted by atomic mass is 9.95. The van der Waals surface area contributed by atoms with Gasteiger partial charge in [0.2, 0.25) is 0 Å². The zero-order chi connectivity index (χ0) is 15.1. The van der Waals surface area contributed by atoms with Crippen molar-refractivity contribution in [2.45, 2.75) is 25.7 Å². The molecule has 1 aliphatic rings. The van der Waals surface area contributed by atoms with E-state index in [9.17, 15) is 4.79 Å². The van der Waals surface area contributed by atoms with E-state index in [1.54, 1.807) is 0 Å². The number of halogens is 1. The molecule has 1 saturated heterocycles. The van der Waals surface area contributed by atoms with Gasteiger partial charge in [0.25, 0.3) is 0 Å². The van der Waals surface area contributed by atoms with E-state index in [0.717, 1.165) is 44.6 Å². The van der Waals surface area contributed by atoms with E-state index < -0.39 is 5.97 Å². The topological polar surface area (TPSA) is 49.8 Å². The first kappa shape index (κ1) is 16.1. The van der Waals surface area contributed by atoms with Gasteiger partial charge in [0.05, 0.1) is 6.61 Å². The molecule has 1 fully saturated rings. The zero-order valence-corrected chi connectivity index (χ0v) is 12.9. The Morgan fingerprint density at radius 2 is 2.14 bits per heavy atom. The van der Waals surface area contributed by atoms with Gasteiger partial charge in [0.1, 0.15) is 5.75 Å². The molecule has 1 aromatic carbocycles. The molecule has 0 aliphatic carbocycles. The smallest absolute Gasteiger partial charge is 0.303 e. The third-order valence-corrected chi connectivity index (χ3v) is 4.02. The number of hydrogen-bond acceptors (Lipinski definition) is 3. The lowest BCUT2D eigenvalue weighted by Gasteiger charge is -2.31. The van der Waals surface area contributed by atoms with Crippen LogP contribution in [0.15, 0.2) is 24.3 Å². The molecule has 5 heteroatoms. The van der Waals surface area contributed by atoms with Gasteiger partial charge in [-0.05, 0) is 56.0 Å². The lowest BCUT2D eigenvalue weighted by molar-refractivity contribution is -0.138. The van der Waals surface area contributed by atoms with Crippen LogP contribution in [-0.4, -0.2) is 42.2 Å². The molecule has 0 saturated carbocycles. The van der Waals surface area contributed by atoms with E-state index in [2.05, 4.69) is 4.90 Å². The Bertz CT molecular complexity index is 449. The van der Waals surface area contributed by atoms with Gasteiger partial charge in [-0.3, -0.25) is 4.79 Å². The second-order valence-electron chi connectivity index (χ2n) is 5.56. The number of rotatable bonds is 7. The number of carbonyl (C=O) groups is 1. The van der Waals surface area contributed by atoms with Crippen LogP contribution in [-0.2, 0) is 4.79 Å². The summed E-state index contributed by atoms with van der Waals surface area (Å²) in [7, 11) is 0. The average Bonchev–Trinajstić information content (AvgIpc) is 2.45. The third kappa shape index (κ3) is 5.94. The number of likely N-dealkylation sites (tertiary alicyclic amines) is 1. The number of ether oxygens (including phenoxy) is 1. The Labute approximate surface area is 130 Å². The average molecular weight is 312 g/mol. The maximum atomic E-state index is 10.8. The van der Waals surface area contributed by atoms with E-state index >= 15 is 0 Å². The molecule has 2 rings (SSSR count). The number of piperidine rings is 1. The first-order valence-electron chi connectivity index (χ1n) is 7.46. The third-order valence-electron chi connectivity index (χ3n) is 3.77. The highest BCUT2D eigenvalue weighted by molar-refractivity contribution is 6.30. The second kappa shape index (κ2) is 8.25. The normalized spacial score (nSPS) is 19.4. The zero-order valence-electron chi connectivity index (χ0n) is 12.1. The molecule has 0 amide bonds. The van der Waals surface area contributed by atoms with Crippen molar-refractivity contribution in [3.05, 3.63) is 29.3 Å². The summed E-state index contributed by atoms with van der Waals surface area (Å²) in [5.74, 6) is 0.447. The van der Waals surface area contributed by atoms with Gasteiger partial charge in [-0.25, -0.2) is 0 Å². The van der Waals surface area contributed by atoms with E-state index in [4.69, 9.17) is 21.4 Å². The first-order valence-corrected chi connectivity index (χ1v) is 7.84. The molecule has 116 valence electrons. The Hall–Kier alpha value is -1.26. The SMILES string of the molecule is O=C(O)CC1CCCN(CCCOc2ccc(Cl)cc2)C1. The summed E-state index contributed by atoms with van der Waals surface area (Å²) in [5, 5.41) is 9.57. The Balaban J connectivity index is 1.64. The van der Waals surface area contributed by atoms with E-state index in [0.29, 0.717) is 17.5 Å². The van der Waals surface area contributed by atoms with Crippen LogP contribution < -0.4 is 4.74 Å². The molecule has 1 heterocycles. The molecule has 1 aromatic rings. The van der Waals surface area contributed by atoms with Crippen molar-refractivity contribution in [2.75, 3.05) is 26.2 Å². The number of benzene rings is 1. The molecule has 1 atom stereocenters. The molecule has 4 nitrogen and oxygen atoms in total. The van der Waals surface area contributed by atoms with Gasteiger partial charge in [0, 0.05) is 24.5 Å². The van der Waals surface area contributed by atoms with Gasteiger partial charge in [-0.1, -0.05) is 11.6 Å². The number of carboxylic acids is 1. The van der Waals surface area contributed by atoms with E-state index in [-0.39, 0.29) is 6.42 Å². The molecule has 0 aromatic heterocycles. The predicted octanol–water partition coefficient (Wildman–Crippen LogP) is 3.30. The fraction of sp³-hybridized carbons (Fsp3) is 0.562. The first-order chi connectivity index (χ1) is 10.1.